The minimum atomic E-state index is -0.632. The zero-order chi connectivity index (χ0) is 8.27. The highest BCUT2D eigenvalue weighted by Gasteiger charge is 2.25. The fourth-order valence-electron chi connectivity index (χ4n) is 0.585. The molecule has 0 aliphatic heterocycles. The zero-order valence-electron chi connectivity index (χ0n) is 5.26. The standard InChI is InChI=1S/C5H3N2O3S/c8-7(9)4-2-1-3-6-5(4)11-10/h1-3H/q+1. The number of pyridine rings is 1. The molecule has 0 atom stereocenters. The Kier molecular flexibility index (Phi) is 2.17. The van der Waals surface area contributed by atoms with E-state index in [9.17, 15) is 14.3 Å². The molecule has 0 aliphatic rings. The van der Waals surface area contributed by atoms with Crippen molar-refractivity contribution in [3.63, 3.8) is 0 Å². The van der Waals surface area contributed by atoms with Crippen molar-refractivity contribution in [1.82, 2.24) is 4.98 Å². The molecular formula is C5H3N2O3S+. The second-order valence-corrected chi connectivity index (χ2v) is 2.22. The van der Waals surface area contributed by atoms with Crippen molar-refractivity contribution < 1.29 is 9.13 Å². The highest BCUT2D eigenvalue weighted by Crippen LogP contribution is 2.13. The number of aromatic nitrogens is 1. The molecule has 0 bridgehead atoms. The number of nitro groups is 1. The lowest BCUT2D eigenvalue weighted by Crippen LogP contribution is -1.93. The van der Waals surface area contributed by atoms with Gasteiger partial charge < -0.3 is 0 Å². The molecule has 0 aromatic carbocycles. The lowest BCUT2D eigenvalue weighted by atomic mass is 10.4. The summed E-state index contributed by atoms with van der Waals surface area (Å²) >= 11 is 0.0210. The number of hydrogen-bond acceptors (Lipinski definition) is 4. The van der Waals surface area contributed by atoms with Gasteiger partial charge >= 0.3 is 22.4 Å². The molecule has 0 fully saturated rings. The van der Waals surface area contributed by atoms with Gasteiger partial charge in [0.1, 0.15) is 0 Å². The van der Waals surface area contributed by atoms with Crippen molar-refractivity contribution in [1.29, 1.82) is 0 Å². The van der Waals surface area contributed by atoms with Gasteiger partial charge in [-0.1, -0.05) is 0 Å². The minimum absolute atomic E-state index is 0.0210. The van der Waals surface area contributed by atoms with Crippen LogP contribution >= 0.6 is 0 Å². The van der Waals surface area contributed by atoms with Gasteiger partial charge in [-0.25, -0.2) is 0 Å². The van der Waals surface area contributed by atoms with E-state index < -0.39 is 4.92 Å². The van der Waals surface area contributed by atoms with E-state index in [1.165, 1.54) is 18.3 Å². The summed E-state index contributed by atoms with van der Waals surface area (Å²) in [7, 11) is 0. The van der Waals surface area contributed by atoms with Crippen molar-refractivity contribution >= 4 is 17.4 Å². The van der Waals surface area contributed by atoms with Crippen LogP contribution in [0.25, 0.3) is 0 Å². The predicted octanol–water partition coefficient (Wildman–Crippen LogP) is 0.777. The van der Waals surface area contributed by atoms with E-state index in [0.29, 0.717) is 0 Å². The molecular weight excluding hydrogens is 168 g/mol. The monoisotopic (exact) mass is 171 g/mol. The van der Waals surface area contributed by atoms with Crippen LogP contribution in [0.2, 0.25) is 0 Å². The summed E-state index contributed by atoms with van der Waals surface area (Å²) in [6.45, 7) is 0. The molecule has 1 aromatic heterocycles. The van der Waals surface area contributed by atoms with E-state index in [1.54, 1.807) is 0 Å². The molecule has 56 valence electrons. The quantitative estimate of drug-likeness (QED) is 0.374. The first-order chi connectivity index (χ1) is 5.25. The Hall–Kier alpha value is -1.43. The van der Waals surface area contributed by atoms with Crippen LogP contribution in [0.3, 0.4) is 0 Å². The average molecular weight is 171 g/mol. The van der Waals surface area contributed by atoms with Gasteiger partial charge in [0.25, 0.3) is 0 Å². The first-order valence-electron chi connectivity index (χ1n) is 2.65. The van der Waals surface area contributed by atoms with Gasteiger partial charge in [-0.3, -0.25) is 10.1 Å². The Balaban J connectivity index is 3.22. The van der Waals surface area contributed by atoms with E-state index in [1.807, 2.05) is 0 Å². The van der Waals surface area contributed by atoms with E-state index in [4.69, 9.17) is 0 Å². The lowest BCUT2D eigenvalue weighted by Gasteiger charge is -1.83. The summed E-state index contributed by atoms with van der Waals surface area (Å²) in [5.74, 6) is 0. The molecule has 0 saturated heterocycles. The van der Waals surface area contributed by atoms with E-state index in [2.05, 4.69) is 4.98 Å². The molecule has 6 heteroatoms. The summed E-state index contributed by atoms with van der Waals surface area (Å²) in [5.41, 5.74) is -0.243. The van der Waals surface area contributed by atoms with Gasteiger partial charge in [0.05, 0.1) is 4.92 Å². The molecule has 0 N–H and O–H groups in total. The first kappa shape index (κ1) is 7.67. The van der Waals surface area contributed by atoms with Crippen molar-refractivity contribution in [2.24, 2.45) is 0 Å². The van der Waals surface area contributed by atoms with Gasteiger partial charge in [0.15, 0.2) is 0 Å². The van der Waals surface area contributed by atoms with E-state index >= 15 is 0 Å². The molecule has 0 amide bonds. The van der Waals surface area contributed by atoms with Crippen LogP contribution < -0.4 is 0 Å². The fraction of sp³-hybridized carbons (Fsp3) is 0. The largest absolute Gasteiger partial charge is 0.535 e. The van der Waals surface area contributed by atoms with Crippen LogP contribution in [0.15, 0.2) is 23.4 Å². The van der Waals surface area contributed by atoms with Crippen LogP contribution in [0.5, 0.6) is 0 Å². The van der Waals surface area contributed by atoms with Crippen LogP contribution in [0.4, 0.5) is 5.69 Å². The number of nitrogens with zero attached hydrogens (tertiary/aromatic N) is 2. The van der Waals surface area contributed by atoms with Gasteiger partial charge in [-0.15, -0.1) is 0 Å². The summed E-state index contributed by atoms with van der Waals surface area (Å²) in [6, 6.07) is 2.66. The SMILES string of the molecule is O=[S+]c1ncccc1[N+](=O)[O-]. The van der Waals surface area contributed by atoms with Crippen LogP contribution in [0.1, 0.15) is 0 Å². The minimum Gasteiger partial charge on any atom is -0.258 e. The second kappa shape index (κ2) is 3.11. The summed E-state index contributed by atoms with van der Waals surface area (Å²) in [6.07, 6.45) is 1.34. The van der Waals surface area contributed by atoms with Crippen LogP contribution in [-0.2, 0) is 15.9 Å². The summed E-state index contributed by atoms with van der Waals surface area (Å²) < 4.78 is 10.2. The van der Waals surface area contributed by atoms with Crippen LogP contribution in [-0.4, -0.2) is 9.91 Å². The van der Waals surface area contributed by atoms with Gasteiger partial charge in [0, 0.05) is 16.5 Å². The molecule has 5 nitrogen and oxygen atoms in total. The summed E-state index contributed by atoms with van der Waals surface area (Å²) in [5, 5.41) is 10.1. The van der Waals surface area contributed by atoms with Gasteiger partial charge in [-0.05, 0) is 6.07 Å². The Morgan fingerprint density at radius 1 is 1.64 bits per heavy atom. The molecule has 0 unspecified atom stereocenters. The normalized spacial score (nSPS) is 9.09. The molecule has 0 radical (unpaired) electrons. The van der Waals surface area contributed by atoms with Crippen LogP contribution in [0, 0.1) is 10.1 Å². The second-order valence-electron chi connectivity index (χ2n) is 1.67. The molecule has 1 aromatic rings. The molecule has 1 heterocycles. The third-order valence-corrected chi connectivity index (χ3v) is 1.50. The predicted molar refractivity (Wildman–Crippen MR) is 37.2 cm³/mol. The Morgan fingerprint density at radius 3 is 2.82 bits per heavy atom. The highest BCUT2D eigenvalue weighted by molar-refractivity contribution is 7.65. The third kappa shape index (κ3) is 1.53. The van der Waals surface area contributed by atoms with E-state index in [0.717, 1.165) is 0 Å². The molecule has 0 aliphatic carbocycles. The fourth-order valence-corrected chi connectivity index (χ4v) is 0.917. The number of rotatable bonds is 2. The average Bonchev–Trinajstić information content (AvgIpc) is 2.04. The Bertz CT molecular complexity index is 302. The molecule has 11 heavy (non-hydrogen) atoms. The molecule has 0 saturated carbocycles. The van der Waals surface area contributed by atoms with Gasteiger partial charge in [0.2, 0.25) is 0 Å². The number of hydrogen-bond donors (Lipinski definition) is 0. The van der Waals surface area contributed by atoms with Crippen molar-refractivity contribution in [2.75, 3.05) is 0 Å². The van der Waals surface area contributed by atoms with E-state index in [-0.39, 0.29) is 22.4 Å². The maximum Gasteiger partial charge on any atom is 0.535 e. The summed E-state index contributed by atoms with van der Waals surface area (Å²) in [4.78, 5) is 13.1. The Labute approximate surface area is 65.7 Å². The molecule has 0 spiro atoms. The van der Waals surface area contributed by atoms with Crippen molar-refractivity contribution in [2.45, 2.75) is 5.03 Å². The highest BCUT2D eigenvalue weighted by atomic mass is 32.1. The van der Waals surface area contributed by atoms with Crippen molar-refractivity contribution in [3.05, 3.63) is 28.4 Å². The van der Waals surface area contributed by atoms with Gasteiger partial charge in [-0.2, -0.15) is 4.98 Å². The first-order valence-corrected chi connectivity index (χ1v) is 3.39. The van der Waals surface area contributed by atoms with Crippen molar-refractivity contribution in [3.8, 4) is 0 Å². The maximum absolute atomic E-state index is 10.2. The molecule has 1 rings (SSSR count). The topological polar surface area (TPSA) is 73.1 Å². The maximum atomic E-state index is 10.2. The smallest absolute Gasteiger partial charge is 0.258 e. The lowest BCUT2D eigenvalue weighted by molar-refractivity contribution is -0.388. The third-order valence-electron chi connectivity index (χ3n) is 1.03. The zero-order valence-corrected chi connectivity index (χ0v) is 6.08. The Morgan fingerprint density at radius 2 is 2.36 bits per heavy atom.